The monoisotopic (exact) mass is 189 g/mol. The van der Waals surface area contributed by atoms with Crippen LogP contribution in [-0.2, 0) is 0 Å². The molecule has 0 spiro atoms. The van der Waals surface area contributed by atoms with Gasteiger partial charge in [-0.15, -0.1) is 5.10 Å². The first-order chi connectivity index (χ1) is 6.95. The molecular weight excluding hydrogens is 178 g/mol. The molecule has 0 saturated heterocycles. The van der Waals surface area contributed by atoms with Gasteiger partial charge in [-0.2, -0.15) is 0 Å². The molecule has 0 N–H and O–H groups in total. The van der Waals surface area contributed by atoms with Crippen LogP contribution in [0.15, 0.2) is 12.5 Å². The van der Waals surface area contributed by atoms with Crippen LogP contribution in [0.5, 0.6) is 0 Å². The summed E-state index contributed by atoms with van der Waals surface area (Å²) in [6.07, 6.45) is 8.29. The minimum absolute atomic E-state index is 0.506. The molecular formula is C9H11N5. The van der Waals surface area contributed by atoms with Gasteiger partial charge in [0.25, 0.3) is 0 Å². The van der Waals surface area contributed by atoms with E-state index in [-0.39, 0.29) is 0 Å². The van der Waals surface area contributed by atoms with Gasteiger partial charge in [-0.3, -0.25) is 0 Å². The van der Waals surface area contributed by atoms with Crippen LogP contribution in [0.2, 0.25) is 0 Å². The average Bonchev–Trinajstić information content (AvgIpc) is 2.85. The molecule has 1 aliphatic carbocycles. The zero-order chi connectivity index (χ0) is 9.38. The third kappa shape index (κ3) is 1.08. The Morgan fingerprint density at radius 2 is 2.14 bits per heavy atom. The maximum Gasteiger partial charge on any atom is 0.204 e. The Labute approximate surface area is 81.2 Å². The van der Waals surface area contributed by atoms with Gasteiger partial charge in [-0.1, -0.05) is 18.1 Å². The van der Waals surface area contributed by atoms with Crippen molar-refractivity contribution in [1.29, 1.82) is 0 Å². The van der Waals surface area contributed by atoms with Crippen molar-refractivity contribution in [3.63, 3.8) is 0 Å². The van der Waals surface area contributed by atoms with Crippen molar-refractivity contribution in [2.24, 2.45) is 0 Å². The van der Waals surface area contributed by atoms with Gasteiger partial charge in [-0.05, 0) is 12.8 Å². The second-order valence-electron chi connectivity index (χ2n) is 3.70. The van der Waals surface area contributed by atoms with Gasteiger partial charge < -0.3 is 0 Å². The second kappa shape index (κ2) is 3.01. The molecule has 0 atom stereocenters. The van der Waals surface area contributed by atoms with Gasteiger partial charge in [-0.25, -0.2) is 14.6 Å². The summed E-state index contributed by atoms with van der Waals surface area (Å²) >= 11 is 0. The van der Waals surface area contributed by atoms with Crippen LogP contribution in [-0.4, -0.2) is 25.0 Å². The van der Waals surface area contributed by atoms with Crippen LogP contribution < -0.4 is 0 Å². The lowest BCUT2D eigenvalue weighted by atomic mass is 10.2. The Hall–Kier alpha value is -1.52. The third-order valence-electron chi connectivity index (χ3n) is 2.83. The molecule has 5 nitrogen and oxygen atoms in total. The number of fused-ring (bicyclic) bond motifs is 1. The fourth-order valence-electron chi connectivity index (χ4n) is 2.11. The summed E-state index contributed by atoms with van der Waals surface area (Å²) in [5.74, 6) is 0. The molecule has 2 aromatic rings. The minimum Gasteiger partial charge on any atom is -0.242 e. The first-order valence-electron chi connectivity index (χ1n) is 4.96. The maximum atomic E-state index is 4.14. The van der Waals surface area contributed by atoms with Crippen molar-refractivity contribution in [3.05, 3.63) is 12.5 Å². The first-order valence-corrected chi connectivity index (χ1v) is 4.96. The van der Waals surface area contributed by atoms with E-state index in [1.165, 1.54) is 32.0 Å². The van der Waals surface area contributed by atoms with E-state index < -0.39 is 0 Å². The van der Waals surface area contributed by atoms with Crippen molar-refractivity contribution in [2.45, 2.75) is 31.7 Å². The summed E-state index contributed by atoms with van der Waals surface area (Å²) in [6.45, 7) is 0. The van der Waals surface area contributed by atoms with Crippen molar-refractivity contribution in [2.75, 3.05) is 0 Å². The zero-order valence-corrected chi connectivity index (χ0v) is 7.80. The number of rotatable bonds is 1. The summed E-state index contributed by atoms with van der Waals surface area (Å²) in [4.78, 5) is 8.07. The van der Waals surface area contributed by atoms with E-state index in [9.17, 15) is 0 Å². The number of aromatic nitrogens is 5. The lowest BCUT2D eigenvalue weighted by Gasteiger charge is -2.08. The van der Waals surface area contributed by atoms with E-state index in [2.05, 4.69) is 20.3 Å². The minimum atomic E-state index is 0.506. The normalized spacial score (nSPS) is 18.0. The predicted octanol–water partition coefficient (Wildman–Crippen LogP) is 1.34. The zero-order valence-electron chi connectivity index (χ0n) is 7.80. The average molecular weight is 189 g/mol. The summed E-state index contributed by atoms with van der Waals surface area (Å²) in [5.41, 5.74) is 1.66. The third-order valence-corrected chi connectivity index (χ3v) is 2.83. The Kier molecular flexibility index (Phi) is 1.68. The second-order valence-corrected chi connectivity index (χ2v) is 3.70. The Balaban J connectivity index is 2.11. The summed E-state index contributed by atoms with van der Waals surface area (Å²) in [5, 5.41) is 8.17. The number of nitrogens with zero attached hydrogens (tertiary/aromatic N) is 5. The fourth-order valence-corrected chi connectivity index (χ4v) is 2.11. The van der Waals surface area contributed by atoms with E-state index in [1.54, 1.807) is 6.20 Å². The quantitative estimate of drug-likeness (QED) is 0.679. The van der Waals surface area contributed by atoms with Crippen LogP contribution in [0.25, 0.3) is 11.2 Å². The van der Waals surface area contributed by atoms with Crippen LogP contribution in [0, 0.1) is 0 Å². The summed E-state index contributed by atoms with van der Waals surface area (Å²) < 4.78 is 1.97. The topological polar surface area (TPSA) is 56.5 Å². The predicted molar refractivity (Wildman–Crippen MR) is 50.6 cm³/mol. The highest BCUT2D eigenvalue weighted by atomic mass is 15.4. The molecule has 0 aromatic carbocycles. The van der Waals surface area contributed by atoms with E-state index in [4.69, 9.17) is 0 Å². The van der Waals surface area contributed by atoms with Crippen molar-refractivity contribution in [3.8, 4) is 0 Å². The molecule has 1 saturated carbocycles. The standard InChI is InChI=1S/C9H11N5/c1-2-4-7(3-1)14-8-5-10-6-11-9(8)12-13-14/h5-7H,1-4H2. The lowest BCUT2D eigenvalue weighted by molar-refractivity contribution is 0.467. The van der Waals surface area contributed by atoms with Gasteiger partial charge >= 0.3 is 0 Å². The van der Waals surface area contributed by atoms with Crippen molar-refractivity contribution < 1.29 is 0 Å². The fraction of sp³-hybridized carbons (Fsp3) is 0.556. The van der Waals surface area contributed by atoms with E-state index >= 15 is 0 Å². The molecule has 14 heavy (non-hydrogen) atoms. The molecule has 3 rings (SSSR count). The molecule has 5 heteroatoms. The number of hydrogen-bond donors (Lipinski definition) is 0. The van der Waals surface area contributed by atoms with E-state index in [0.717, 1.165) is 5.52 Å². The van der Waals surface area contributed by atoms with Crippen LogP contribution in [0.4, 0.5) is 0 Å². The van der Waals surface area contributed by atoms with Crippen molar-refractivity contribution in [1.82, 2.24) is 25.0 Å². The molecule has 0 amide bonds. The number of hydrogen-bond acceptors (Lipinski definition) is 4. The smallest absolute Gasteiger partial charge is 0.204 e. The SMILES string of the molecule is c1ncc2c(n1)nnn2C1CCCC1. The molecule has 72 valence electrons. The van der Waals surface area contributed by atoms with Crippen LogP contribution >= 0.6 is 0 Å². The summed E-state index contributed by atoms with van der Waals surface area (Å²) in [6, 6.07) is 0.506. The molecule has 0 radical (unpaired) electrons. The van der Waals surface area contributed by atoms with Crippen molar-refractivity contribution >= 4 is 11.2 Å². The highest BCUT2D eigenvalue weighted by molar-refractivity contribution is 5.67. The summed E-state index contributed by atoms with van der Waals surface area (Å²) in [7, 11) is 0. The Bertz CT molecular complexity index is 443. The maximum absolute atomic E-state index is 4.14. The van der Waals surface area contributed by atoms with Crippen LogP contribution in [0.3, 0.4) is 0 Å². The highest BCUT2D eigenvalue weighted by Crippen LogP contribution is 2.30. The van der Waals surface area contributed by atoms with Gasteiger partial charge in [0.05, 0.1) is 12.2 Å². The highest BCUT2D eigenvalue weighted by Gasteiger charge is 2.20. The van der Waals surface area contributed by atoms with E-state index in [0.29, 0.717) is 11.7 Å². The van der Waals surface area contributed by atoms with Gasteiger partial charge in [0, 0.05) is 0 Å². The molecule has 2 heterocycles. The lowest BCUT2D eigenvalue weighted by Crippen LogP contribution is -2.06. The largest absolute Gasteiger partial charge is 0.242 e. The molecule has 0 bridgehead atoms. The van der Waals surface area contributed by atoms with Gasteiger partial charge in [0.2, 0.25) is 5.65 Å². The Morgan fingerprint density at radius 1 is 1.29 bits per heavy atom. The molecule has 0 aliphatic heterocycles. The molecule has 2 aromatic heterocycles. The molecule has 1 fully saturated rings. The molecule has 0 unspecified atom stereocenters. The Morgan fingerprint density at radius 3 is 3.00 bits per heavy atom. The van der Waals surface area contributed by atoms with Crippen LogP contribution in [0.1, 0.15) is 31.7 Å². The molecule has 1 aliphatic rings. The van der Waals surface area contributed by atoms with E-state index in [1.807, 2.05) is 4.68 Å². The van der Waals surface area contributed by atoms with Gasteiger partial charge in [0.1, 0.15) is 11.8 Å². The first kappa shape index (κ1) is 7.84. The van der Waals surface area contributed by atoms with Gasteiger partial charge in [0.15, 0.2) is 0 Å².